The highest BCUT2D eigenvalue weighted by molar-refractivity contribution is 7.84. The van der Waals surface area contributed by atoms with Crippen LogP contribution in [0, 0.1) is 0 Å². The Kier molecular flexibility index (Phi) is 5.46. The van der Waals surface area contributed by atoms with Crippen LogP contribution in [-0.2, 0) is 10.8 Å². The fraction of sp³-hybridized carbons (Fsp3) is 0.286. The van der Waals surface area contributed by atoms with Crippen LogP contribution in [0.4, 0.5) is 9.80 Å². The molecule has 1 aromatic heterocycles. The van der Waals surface area contributed by atoms with Crippen LogP contribution >= 0.6 is 11.3 Å². The standard InChI is InChI=1S/C14H17N3O2S2/c1-10(8-21(2)19)16-14(18)17-13-12(15-9-20-13)11-6-4-3-5-7-11/h3-7,9-10H,8H2,1-2H3,(H2,16,17,18)/t10-,21+/m1/s1. The molecule has 112 valence electrons. The first-order chi connectivity index (χ1) is 10.1. The number of carbonyl (C=O) groups is 1. The van der Waals surface area contributed by atoms with Gasteiger partial charge in [-0.3, -0.25) is 9.53 Å². The highest BCUT2D eigenvalue weighted by Crippen LogP contribution is 2.29. The van der Waals surface area contributed by atoms with Gasteiger partial charge in [-0.25, -0.2) is 9.78 Å². The maximum absolute atomic E-state index is 11.9. The van der Waals surface area contributed by atoms with Gasteiger partial charge in [0.05, 0.1) is 5.51 Å². The third kappa shape index (κ3) is 4.64. The van der Waals surface area contributed by atoms with Crippen molar-refractivity contribution in [3.8, 4) is 11.3 Å². The van der Waals surface area contributed by atoms with Crippen LogP contribution in [0.1, 0.15) is 6.92 Å². The molecule has 1 heterocycles. The van der Waals surface area contributed by atoms with Gasteiger partial charge in [0.2, 0.25) is 0 Å². The van der Waals surface area contributed by atoms with Gasteiger partial charge in [-0.2, -0.15) is 0 Å². The number of nitrogens with zero attached hydrogens (tertiary/aromatic N) is 1. The van der Waals surface area contributed by atoms with Crippen LogP contribution in [-0.4, -0.2) is 33.3 Å². The number of urea groups is 1. The summed E-state index contributed by atoms with van der Waals surface area (Å²) < 4.78 is 11.1. The van der Waals surface area contributed by atoms with Gasteiger partial charge in [-0.15, -0.1) is 11.3 Å². The SMILES string of the molecule is C[C@H](C[S@](C)=O)NC(=O)Nc1scnc1-c1ccccc1. The molecule has 0 spiro atoms. The van der Waals surface area contributed by atoms with E-state index < -0.39 is 10.8 Å². The normalized spacial score (nSPS) is 13.4. The van der Waals surface area contributed by atoms with E-state index in [0.29, 0.717) is 10.8 Å². The number of hydrogen-bond donors (Lipinski definition) is 2. The zero-order valence-electron chi connectivity index (χ0n) is 11.8. The van der Waals surface area contributed by atoms with Crippen LogP contribution in [0.25, 0.3) is 11.3 Å². The van der Waals surface area contributed by atoms with Gasteiger partial charge in [0.15, 0.2) is 0 Å². The van der Waals surface area contributed by atoms with Gasteiger partial charge in [-0.05, 0) is 6.92 Å². The molecule has 21 heavy (non-hydrogen) atoms. The molecule has 0 fully saturated rings. The number of hydrogen-bond acceptors (Lipinski definition) is 4. The van der Waals surface area contributed by atoms with E-state index in [-0.39, 0.29) is 12.1 Å². The Bertz CT molecular complexity index is 628. The van der Waals surface area contributed by atoms with Crippen molar-refractivity contribution in [1.29, 1.82) is 0 Å². The van der Waals surface area contributed by atoms with Crippen LogP contribution in [0.5, 0.6) is 0 Å². The summed E-state index contributed by atoms with van der Waals surface area (Å²) in [4.78, 5) is 16.2. The van der Waals surface area contributed by atoms with E-state index in [1.807, 2.05) is 37.3 Å². The first-order valence-electron chi connectivity index (χ1n) is 6.42. The summed E-state index contributed by atoms with van der Waals surface area (Å²) in [6, 6.07) is 9.22. The van der Waals surface area contributed by atoms with E-state index in [1.165, 1.54) is 11.3 Å². The van der Waals surface area contributed by atoms with E-state index in [4.69, 9.17) is 0 Å². The van der Waals surface area contributed by atoms with E-state index in [9.17, 15) is 9.00 Å². The molecule has 2 rings (SSSR count). The average Bonchev–Trinajstić information content (AvgIpc) is 2.86. The topological polar surface area (TPSA) is 71.1 Å². The third-order valence-electron chi connectivity index (χ3n) is 2.70. The van der Waals surface area contributed by atoms with Crippen molar-refractivity contribution in [3.05, 3.63) is 35.8 Å². The second kappa shape index (κ2) is 7.33. The van der Waals surface area contributed by atoms with E-state index >= 15 is 0 Å². The second-order valence-electron chi connectivity index (χ2n) is 4.64. The molecule has 2 N–H and O–H groups in total. The predicted octanol–water partition coefficient (Wildman–Crippen LogP) is 2.70. The highest BCUT2D eigenvalue weighted by atomic mass is 32.2. The summed E-state index contributed by atoms with van der Waals surface area (Å²) in [7, 11) is -0.937. The molecule has 0 saturated heterocycles. The van der Waals surface area contributed by atoms with Crippen LogP contribution in [0.15, 0.2) is 35.8 Å². The lowest BCUT2D eigenvalue weighted by Gasteiger charge is -2.13. The minimum absolute atomic E-state index is 0.149. The fourth-order valence-electron chi connectivity index (χ4n) is 1.89. The Balaban J connectivity index is 2.03. The van der Waals surface area contributed by atoms with E-state index in [1.54, 1.807) is 11.8 Å². The molecule has 1 aromatic carbocycles. The summed E-state index contributed by atoms with van der Waals surface area (Å²) in [5.74, 6) is 0.432. The zero-order valence-corrected chi connectivity index (χ0v) is 13.5. The number of rotatable bonds is 5. The molecule has 7 heteroatoms. The molecule has 0 bridgehead atoms. The molecule has 2 aromatic rings. The summed E-state index contributed by atoms with van der Waals surface area (Å²) in [5, 5.41) is 6.26. The molecule has 0 aliphatic carbocycles. The van der Waals surface area contributed by atoms with Crippen LogP contribution < -0.4 is 10.6 Å². The number of carbonyl (C=O) groups excluding carboxylic acids is 1. The van der Waals surface area contributed by atoms with Crippen molar-refractivity contribution in [2.45, 2.75) is 13.0 Å². The molecule has 0 aliphatic heterocycles. The first-order valence-corrected chi connectivity index (χ1v) is 9.03. The van der Waals surface area contributed by atoms with Crippen molar-refractivity contribution in [1.82, 2.24) is 10.3 Å². The van der Waals surface area contributed by atoms with Gasteiger partial charge in [0.25, 0.3) is 0 Å². The Morgan fingerprint density at radius 3 is 2.76 bits per heavy atom. The molecule has 0 radical (unpaired) electrons. The quantitative estimate of drug-likeness (QED) is 0.889. The Labute approximate surface area is 130 Å². The highest BCUT2D eigenvalue weighted by Gasteiger charge is 2.13. The number of amides is 2. The Morgan fingerprint density at radius 1 is 1.38 bits per heavy atom. The monoisotopic (exact) mass is 323 g/mol. The molecule has 0 saturated carbocycles. The number of thiazole rings is 1. The molecule has 2 atom stereocenters. The first kappa shape index (κ1) is 15.7. The maximum atomic E-state index is 11.9. The van der Waals surface area contributed by atoms with Gasteiger partial charge in [0, 0.05) is 34.4 Å². The number of benzene rings is 1. The lowest BCUT2D eigenvalue weighted by Crippen LogP contribution is -2.38. The van der Waals surface area contributed by atoms with Gasteiger partial charge >= 0.3 is 6.03 Å². The lowest BCUT2D eigenvalue weighted by molar-refractivity contribution is 0.250. The number of anilines is 1. The predicted molar refractivity (Wildman–Crippen MR) is 88.1 cm³/mol. The molecule has 5 nitrogen and oxygen atoms in total. The maximum Gasteiger partial charge on any atom is 0.320 e. The molecular weight excluding hydrogens is 306 g/mol. The van der Waals surface area contributed by atoms with Gasteiger partial charge in [0.1, 0.15) is 10.7 Å². The summed E-state index contributed by atoms with van der Waals surface area (Å²) in [6.45, 7) is 1.83. The smallest absolute Gasteiger partial charge is 0.320 e. The molecule has 0 unspecified atom stereocenters. The van der Waals surface area contributed by atoms with E-state index in [2.05, 4.69) is 15.6 Å². The Morgan fingerprint density at radius 2 is 2.10 bits per heavy atom. The summed E-state index contributed by atoms with van der Waals surface area (Å²) in [5.41, 5.74) is 3.40. The van der Waals surface area contributed by atoms with Gasteiger partial charge in [-0.1, -0.05) is 30.3 Å². The molecule has 2 amide bonds. The summed E-state index contributed by atoms with van der Waals surface area (Å²) in [6.07, 6.45) is 1.62. The second-order valence-corrected chi connectivity index (χ2v) is 6.97. The van der Waals surface area contributed by atoms with E-state index in [0.717, 1.165) is 11.3 Å². The van der Waals surface area contributed by atoms with Crippen molar-refractivity contribution in [3.63, 3.8) is 0 Å². The minimum atomic E-state index is -0.937. The molecule has 0 aliphatic rings. The third-order valence-corrected chi connectivity index (χ3v) is 4.42. The van der Waals surface area contributed by atoms with Crippen LogP contribution in [0.3, 0.4) is 0 Å². The van der Waals surface area contributed by atoms with Crippen molar-refractivity contribution in [2.75, 3.05) is 17.3 Å². The number of nitrogens with one attached hydrogen (secondary N) is 2. The van der Waals surface area contributed by atoms with Crippen molar-refractivity contribution in [2.24, 2.45) is 0 Å². The van der Waals surface area contributed by atoms with Crippen molar-refractivity contribution < 1.29 is 9.00 Å². The molecular formula is C14H17N3O2S2. The van der Waals surface area contributed by atoms with Crippen LogP contribution in [0.2, 0.25) is 0 Å². The number of aromatic nitrogens is 1. The zero-order chi connectivity index (χ0) is 15.2. The van der Waals surface area contributed by atoms with Crippen molar-refractivity contribution >= 4 is 33.2 Å². The Hall–Kier alpha value is -1.73. The fourth-order valence-corrected chi connectivity index (χ4v) is 3.38. The van der Waals surface area contributed by atoms with Gasteiger partial charge < -0.3 is 5.32 Å². The average molecular weight is 323 g/mol. The lowest BCUT2D eigenvalue weighted by atomic mass is 10.2. The largest absolute Gasteiger partial charge is 0.334 e. The summed E-state index contributed by atoms with van der Waals surface area (Å²) >= 11 is 1.37. The minimum Gasteiger partial charge on any atom is -0.334 e.